The van der Waals surface area contributed by atoms with Crippen LogP contribution in [0.3, 0.4) is 0 Å². The van der Waals surface area contributed by atoms with E-state index in [1.807, 2.05) is 13.8 Å². The number of guanidine groups is 1. The van der Waals surface area contributed by atoms with Gasteiger partial charge in [0.15, 0.2) is 5.96 Å². The van der Waals surface area contributed by atoms with Gasteiger partial charge in [-0.2, -0.15) is 0 Å². The van der Waals surface area contributed by atoms with Gasteiger partial charge >= 0.3 is 5.97 Å². The Morgan fingerprint density at radius 2 is 2.04 bits per heavy atom. The number of aromatic nitrogens is 1. The Bertz CT molecular complexity index is 587. The zero-order valence-electron chi connectivity index (χ0n) is 16.7. The molecule has 2 N–H and O–H groups in total. The van der Waals surface area contributed by atoms with E-state index in [9.17, 15) is 4.79 Å². The predicted octanol–water partition coefficient (Wildman–Crippen LogP) is 2.92. The van der Waals surface area contributed by atoms with Crippen LogP contribution >= 0.6 is 11.3 Å². The van der Waals surface area contributed by atoms with Crippen molar-refractivity contribution in [1.82, 2.24) is 15.6 Å². The highest BCUT2D eigenvalue weighted by atomic mass is 32.1. The van der Waals surface area contributed by atoms with Crippen LogP contribution in [0.1, 0.15) is 60.5 Å². The lowest BCUT2D eigenvalue weighted by molar-refractivity contribution is 0.0531. The standard InChI is InChI=1S/C18H32N4O3S/c1-7-25-17(23)15-13(4)21-16(26-15)14(5)22-18(19-6)20-9-11-24-10-8-12(2)3/h12,14H,7-11H2,1-6H3,(H2,19,20,22). The van der Waals surface area contributed by atoms with Gasteiger partial charge in [0, 0.05) is 20.2 Å². The van der Waals surface area contributed by atoms with Crippen LogP contribution in [0.4, 0.5) is 0 Å². The average Bonchev–Trinajstić information content (AvgIpc) is 2.98. The third kappa shape index (κ3) is 7.70. The van der Waals surface area contributed by atoms with E-state index in [-0.39, 0.29) is 12.0 Å². The third-order valence-electron chi connectivity index (χ3n) is 3.60. The molecule has 1 aromatic rings. The number of hydrogen-bond acceptors (Lipinski definition) is 6. The zero-order valence-corrected chi connectivity index (χ0v) is 17.5. The summed E-state index contributed by atoms with van der Waals surface area (Å²) in [4.78, 5) is 21.2. The molecule has 1 heterocycles. The van der Waals surface area contributed by atoms with Gasteiger partial charge in [0.1, 0.15) is 9.88 Å². The second kappa shape index (κ2) is 11.9. The Labute approximate surface area is 160 Å². The van der Waals surface area contributed by atoms with Crippen LogP contribution in [0, 0.1) is 12.8 Å². The Hall–Kier alpha value is -1.67. The summed E-state index contributed by atoms with van der Waals surface area (Å²) in [6.45, 7) is 12.4. The van der Waals surface area contributed by atoms with Crippen molar-refractivity contribution >= 4 is 23.3 Å². The largest absolute Gasteiger partial charge is 0.462 e. The number of rotatable bonds is 10. The van der Waals surface area contributed by atoms with Gasteiger partial charge in [-0.25, -0.2) is 9.78 Å². The summed E-state index contributed by atoms with van der Waals surface area (Å²) in [7, 11) is 1.72. The van der Waals surface area contributed by atoms with Crippen molar-refractivity contribution in [2.24, 2.45) is 10.9 Å². The molecule has 0 spiro atoms. The molecule has 1 atom stereocenters. The molecular formula is C18H32N4O3S. The Morgan fingerprint density at radius 3 is 2.65 bits per heavy atom. The van der Waals surface area contributed by atoms with Crippen LogP contribution in [-0.2, 0) is 9.47 Å². The second-order valence-electron chi connectivity index (χ2n) is 6.35. The molecule has 1 unspecified atom stereocenters. The summed E-state index contributed by atoms with van der Waals surface area (Å²) in [6.07, 6.45) is 1.07. The predicted molar refractivity (Wildman–Crippen MR) is 106 cm³/mol. The van der Waals surface area contributed by atoms with Gasteiger partial charge in [0.05, 0.1) is 24.9 Å². The molecule has 26 heavy (non-hydrogen) atoms. The minimum Gasteiger partial charge on any atom is -0.462 e. The van der Waals surface area contributed by atoms with Gasteiger partial charge < -0.3 is 20.1 Å². The van der Waals surface area contributed by atoms with Gasteiger partial charge in [-0.15, -0.1) is 11.3 Å². The maximum atomic E-state index is 11.9. The van der Waals surface area contributed by atoms with Crippen molar-refractivity contribution in [3.8, 4) is 0 Å². The molecule has 0 aromatic carbocycles. The monoisotopic (exact) mass is 384 g/mol. The molecular weight excluding hydrogens is 352 g/mol. The summed E-state index contributed by atoms with van der Waals surface area (Å²) < 4.78 is 10.7. The molecule has 0 saturated carbocycles. The summed E-state index contributed by atoms with van der Waals surface area (Å²) >= 11 is 1.35. The van der Waals surface area contributed by atoms with Crippen LogP contribution in [0.15, 0.2) is 4.99 Å². The SMILES string of the molecule is CCOC(=O)c1sc(C(C)NC(=NC)NCCOCCC(C)C)nc1C. The Morgan fingerprint density at radius 1 is 1.31 bits per heavy atom. The third-order valence-corrected chi connectivity index (χ3v) is 4.92. The van der Waals surface area contributed by atoms with E-state index in [0.29, 0.717) is 42.2 Å². The first-order valence-corrected chi connectivity index (χ1v) is 9.90. The van der Waals surface area contributed by atoms with E-state index >= 15 is 0 Å². The molecule has 0 aliphatic heterocycles. The molecule has 1 aromatic heterocycles. The molecule has 0 amide bonds. The van der Waals surface area contributed by atoms with Crippen LogP contribution in [0.2, 0.25) is 0 Å². The minimum atomic E-state index is -0.318. The van der Waals surface area contributed by atoms with Crippen LogP contribution in [0.5, 0.6) is 0 Å². The maximum absolute atomic E-state index is 11.9. The summed E-state index contributed by atoms with van der Waals surface area (Å²) in [6, 6.07) is -0.0741. The van der Waals surface area contributed by atoms with E-state index in [1.165, 1.54) is 11.3 Å². The first-order chi connectivity index (χ1) is 12.4. The van der Waals surface area contributed by atoms with Crippen molar-refractivity contribution in [2.45, 2.75) is 47.1 Å². The lowest BCUT2D eigenvalue weighted by atomic mass is 10.1. The van der Waals surface area contributed by atoms with Crippen molar-refractivity contribution in [3.05, 3.63) is 15.6 Å². The normalized spacial score (nSPS) is 13.0. The minimum absolute atomic E-state index is 0.0741. The summed E-state index contributed by atoms with van der Waals surface area (Å²) in [5.41, 5.74) is 0.693. The highest BCUT2D eigenvalue weighted by Crippen LogP contribution is 2.24. The highest BCUT2D eigenvalue weighted by Gasteiger charge is 2.20. The van der Waals surface area contributed by atoms with Crippen LogP contribution in [0.25, 0.3) is 0 Å². The number of carbonyl (C=O) groups excluding carboxylic acids is 1. The number of ether oxygens (including phenoxy) is 2. The number of nitrogens with zero attached hydrogens (tertiary/aromatic N) is 2. The van der Waals surface area contributed by atoms with Crippen molar-refractivity contribution in [1.29, 1.82) is 0 Å². The molecule has 7 nitrogen and oxygen atoms in total. The number of carbonyl (C=O) groups is 1. The Kier molecular flexibility index (Phi) is 10.2. The number of hydrogen-bond donors (Lipinski definition) is 2. The number of aliphatic imine (C=N–C) groups is 1. The van der Waals surface area contributed by atoms with Crippen LogP contribution in [-0.4, -0.2) is 50.3 Å². The lowest BCUT2D eigenvalue weighted by Gasteiger charge is -2.16. The Balaban J connectivity index is 2.48. The summed E-state index contributed by atoms with van der Waals surface area (Å²) in [5.74, 6) is 1.01. The number of aryl methyl sites for hydroxylation is 1. The number of esters is 1. The first kappa shape index (κ1) is 22.4. The molecule has 8 heteroatoms. The maximum Gasteiger partial charge on any atom is 0.350 e. The number of thiazole rings is 1. The lowest BCUT2D eigenvalue weighted by Crippen LogP contribution is -2.40. The quantitative estimate of drug-likeness (QED) is 0.279. The second-order valence-corrected chi connectivity index (χ2v) is 7.38. The van der Waals surface area contributed by atoms with E-state index in [0.717, 1.165) is 18.0 Å². The van der Waals surface area contributed by atoms with E-state index in [2.05, 4.69) is 34.5 Å². The fourth-order valence-corrected chi connectivity index (χ4v) is 3.08. The van der Waals surface area contributed by atoms with E-state index in [4.69, 9.17) is 9.47 Å². The molecule has 148 valence electrons. The van der Waals surface area contributed by atoms with Crippen molar-refractivity contribution < 1.29 is 14.3 Å². The molecule has 1 rings (SSSR count). The van der Waals surface area contributed by atoms with E-state index in [1.54, 1.807) is 14.0 Å². The average molecular weight is 385 g/mol. The molecule has 0 fully saturated rings. The van der Waals surface area contributed by atoms with Gasteiger partial charge in [0.2, 0.25) is 0 Å². The van der Waals surface area contributed by atoms with Crippen LogP contribution < -0.4 is 10.6 Å². The topological polar surface area (TPSA) is 84.8 Å². The fraction of sp³-hybridized carbons (Fsp3) is 0.722. The van der Waals surface area contributed by atoms with Gasteiger partial charge in [-0.3, -0.25) is 4.99 Å². The molecule has 0 aliphatic rings. The van der Waals surface area contributed by atoms with Gasteiger partial charge in [0.25, 0.3) is 0 Å². The fourth-order valence-electron chi connectivity index (χ4n) is 2.11. The van der Waals surface area contributed by atoms with E-state index < -0.39 is 0 Å². The molecule has 0 bridgehead atoms. The smallest absolute Gasteiger partial charge is 0.350 e. The zero-order chi connectivity index (χ0) is 19.5. The first-order valence-electron chi connectivity index (χ1n) is 9.08. The molecule has 0 aliphatic carbocycles. The van der Waals surface area contributed by atoms with Crippen molar-refractivity contribution in [3.63, 3.8) is 0 Å². The molecule has 0 saturated heterocycles. The van der Waals surface area contributed by atoms with Gasteiger partial charge in [-0.05, 0) is 33.1 Å². The molecule has 0 radical (unpaired) electrons. The summed E-state index contributed by atoms with van der Waals surface area (Å²) in [5, 5.41) is 7.33. The number of nitrogens with one attached hydrogen (secondary N) is 2. The highest BCUT2D eigenvalue weighted by molar-refractivity contribution is 7.13. The van der Waals surface area contributed by atoms with Gasteiger partial charge in [-0.1, -0.05) is 13.8 Å². The van der Waals surface area contributed by atoms with Crippen molar-refractivity contribution in [2.75, 3.05) is 33.4 Å².